The zero-order chi connectivity index (χ0) is 12.8. The third-order valence-electron chi connectivity index (χ3n) is 1.23. The van der Waals surface area contributed by atoms with Gasteiger partial charge in [0.1, 0.15) is 13.2 Å². The summed E-state index contributed by atoms with van der Waals surface area (Å²) in [5, 5.41) is 7.94. The Kier molecular flexibility index (Phi) is 5.59. The van der Waals surface area contributed by atoms with Crippen molar-refractivity contribution < 1.29 is 41.3 Å². The molecule has 0 aromatic carbocycles. The van der Waals surface area contributed by atoms with Gasteiger partial charge in [-0.3, -0.25) is 0 Å². The number of aliphatic carboxylic acids is 1. The van der Waals surface area contributed by atoms with Gasteiger partial charge in [-0.25, -0.2) is 4.79 Å². The predicted molar refractivity (Wildman–Crippen MR) is 40.3 cm³/mol. The van der Waals surface area contributed by atoms with E-state index in [2.05, 4.69) is 9.47 Å². The molecule has 0 aliphatic heterocycles. The standard InChI is InChI=1S/C7H9F5O4/c8-6(9,5(13)14)3-15-1-2-16-4-7(10,11)12/h1-4H2,(H,13,14). The van der Waals surface area contributed by atoms with Crippen molar-refractivity contribution in [2.24, 2.45) is 0 Å². The van der Waals surface area contributed by atoms with E-state index >= 15 is 0 Å². The number of halogens is 5. The predicted octanol–water partition coefficient (Wildman–Crippen LogP) is 1.30. The Morgan fingerprint density at radius 2 is 1.44 bits per heavy atom. The van der Waals surface area contributed by atoms with E-state index in [0.29, 0.717) is 0 Å². The molecule has 1 N–H and O–H groups in total. The van der Waals surface area contributed by atoms with Crippen LogP contribution in [0.1, 0.15) is 0 Å². The Balaban J connectivity index is 3.52. The van der Waals surface area contributed by atoms with Crippen LogP contribution in [-0.4, -0.2) is 49.6 Å². The maximum atomic E-state index is 12.3. The quantitative estimate of drug-likeness (QED) is 0.548. The van der Waals surface area contributed by atoms with E-state index in [-0.39, 0.29) is 0 Å². The minimum absolute atomic E-state index is 0.543. The van der Waals surface area contributed by atoms with Crippen LogP contribution >= 0.6 is 0 Å². The molecular weight excluding hydrogens is 243 g/mol. The van der Waals surface area contributed by atoms with E-state index in [1.54, 1.807) is 0 Å². The van der Waals surface area contributed by atoms with Crippen LogP contribution in [-0.2, 0) is 14.3 Å². The van der Waals surface area contributed by atoms with Crippen molar-refractivity contribution >= 4 is 5.97 Å². The Labute approximate surface area is 86.9 Å². The Bertz CT molecular complexity index is 227. The molecule has 0 rings (SSSR count). The average molecular weight is 252 g/mol. The van der Waals surface area contributed by atoms with Crippen LogP contribution in [0.2, 0.25) is 0 Å². The second-order valence-corrected chi connectivity index (χ2v) is 2.73. The van der Waals surface area contributed by atoms with E-state index in [1.807, 2.05) is 0 Å². The minimum atomic E-state index is -4.50. The highest BCUT2D eigenvalue weighted by Crippen LogP contribution is 2.15. The zero-order valence-corrected chi connectivity index (χ0v) is 7.89. The number of alkyl halides is 5. The molecule has 0 amide bonds. The molecule has 0 aliphatic rings. The summed E-state index contributed by atoms with van der Waals surface area (Å²) in [6.45, 7) is -4.00. The van der Waals surface area contributed by atoms with Crippen molar-refractivity contribution in [3.05, 3.63) is 0 Å². The van der Waals surface area contributed by atoms with Gasteiger partial charge in [0, 0.05) is 0 Å². The molecule has 0 heterocycles. The van der Waals surface area contributed by atoms with Gasteiger partial charge in [-0.05, 0) is 0 Å². The van der Waals surface area contributed by atoms with Gasteiger partial charge in [0.25, 0.3) is 0 Å². The maximum absolute atomic E-state index is 12.3. The number of carboxylic acid groups (broad SMARTS) is 1. The molecule has 0 unspecified atom stereocenters. The first-order valence-electron chi connectivity index (χ1n) is 3.98. The third-order valence-corrected chi connectivity index (χ3v) is 1.23. The van der Waals surface area contributed by atoms with E-state index < -0.39 is 44.5 Å². The number of carboxylic acids is 1. The first-order valence-corrected chi connectivity index (χ1v) is 3.98. The lowest BCUT2D eigenvalue weighted by Gasteiger charge is -2.12. The van der Waals surface area contributed by atoms with E-state index in [1.165, 1.54) is 0 Å². The van der Waals surface area contributed by atoms with Gasteiger partial charge >= 0.3 is 18.1 Å². The van der Waals surface area contributed by atoms with E-state index in [4.69, 9.17) is 5.11 Å². The number of hydrogen-bond donors (Lipinski definition) is 1. The molecule has 9 heteroatoms. The van der Waals surface area contributed by atoms with Crippen molar-refractivity contribution in [1.29, 1.82) is 0 Å². The van der Waals surface area contributed by atoms with Gasteiger partial charge in [0.2, 0.25) is 0 Å². The lowest BCUT2D eigenvalue weighted by molar-refractivity contribution is -0.182. The topological polar surface area (TPSA) is 55.8 Å². The maximum Gasteiger partial charge on any atom is 0.411 e. The molecule has 0 aliphatic carbocycles. The van der Waals surface area contributed by atoms with Crippen LogP contribution in [0.3, 0.4) is 0 Å². The van der Waals surface area contributed by atoms with Crippen molar-refractivity contribution in [2.45, 2.75) is 12.1 Å². The van der Waals surface area contributed by atoms with Gasteiger partial charge in [-0.15, -0.1) is 0 Å². The fourth-order valence-electron chi connectivity index (χ4n) is 0.568. The monoisotopic (exact) mass is 252 g/mol. The van der Waals surface area contributed by atoms with Gasteiger partial charge in [0.15, 0.2) is 0 Å². The third kappa shape index (κ3) is 7.35. The fourth-order valence-corrected chi connectivity index (χ4v) is 0.568. The second-order valence-electron chi connectivity index (χ2n) is 2.73. The number of carbonyl (C=O) groups is 1. The molecular formula is C7H9F5O4. The summed E-state index contributed by atoms with van der Waals surface area (Å²) >= 11 is 0. The molecule has 0 aromatic heterocycles. The van der Waals surface area contributed by atoms with Crippen LogP contribution in [0.4, 0.5) is 22.0 Å². The van der Waals surface area contributed by atoms with Crippen molar-refractivity contribution in [3.8, 4) is 0 Å². The molecule has 0 spiro atoms. The first-order chi connectivity index (χ1) is 7.15. The van der Waals surface area contributed by atoms with Crippen molar-refractivity contribution in [2.75, 3.05) is 26.4 Å². The fraction of sp³-hybridized carbons (Fsp3) is 0.857. The number of rotatable bonds is 7. The Hall–Kier alpha value is -0.960. The summed E-state index contributed by atoms with van der Waals surface area (Å²) in [5.41, 5.74) is 0. The molecule has 0 aromatic rings. The summed E-state index contributed by atoms with van der Waals surface area (Å²) in [5.74, 6) is -6.41. The molecule has 4 nitrogen and oxygen atoms in total. The number of ether oxygens (including phenoxy) is 2. The van der Waals surface area contributed by atoms with Crippen molar-refractivity contribution in [3.63, 3.8) is 0 Å². The minimum Gasteiger partial charge on any atom is -0.477 e. The van der Waals surface area contributed by atoms with Crippen LogP contribution in [0.5, 0.6) is 0 Å². The largest absolute Gasteiger partial charge is 0.477 e. The average Bonchev–Trinajstić information content (AvgIpc) is 2.09. The van der Waals surface area contributed by atoms with Crippen LogP contribution in [0.15, 0.2) is 0 Å². The Morgan fingerprint density at radius 1 is 1.00 bits per heavy atom. The van der Waals surface area contributed by atoms with Gasteiger partial charge in [-0.2, -0.15) is 22.0 Å². The van der Waals surface area contributed by atoms with E-state index in [0.717, 1.165) is 0 Å². The summed E-state index contributed by atoms with van der Waals surface area (Å²) in [4.78, 5) is 9.86. The highest BCUT2D eigenvalue weighted by molar-refractivity contribution is 5.75. The zero-order valence-electron chi connectivity index (χ0n) is 7.89. The van der Waals surface area contributed by atoms with Gasteiger partial charge in [0.05, 0.1) is 13.2 Å². The first kappa shape index (κ1) is 15.0. The Morgan fingerprint density at radius 3 is 1.81 bits per heavy atom. The molecule has 0 saturated carbocycles. The second kappa shape index (κ2) is 5.94. The summed E-state index contributed by atoms with van der Waals surface area (Å²) in [6, 6.07) is 0. The van der Waals surface area contributed by atoms with Crippen molar-refractivity contribution in [1.82, 2.24) is 0 Å². The molecule has 16 heavy (non-hydrogen) atoms. The molecule has 0 radical (unpaired) electrons. The lowest BCUT2D eigenvalue weighted by atomic mass is 10.4. The molecule has 0 fully saturated rings. The smallest absolute Gasteiger partial charge is 0.411 e. The van der Waals surface area contributed by atoms with Gasteiger partial charge < -0.3 is 14.6 Å². The SMILES string of the molecule is O=C(O)C(F)(F)COCCOCC(F)(F)F. The molecule has 0 bridgehead atoms. The van der Waals surface area contributed by atoms with Crippen LogP contribution in [0, 0.1) is 0 Å². The summed E-state index contributed by atoms with van der Waals surface area (Å²) < 4.78 is 67.3. The highest BCUT2D eigenvalue weighted by atomic mass is 19.4. The molecule has 96 valence electrons. The summed E-state index contributed by atoms with van der Waals surface area (Å²) in [7, 11) is 0. The summed E-state index contributed by atoms with van der Waals surface area (Å²) in [6.07, 6.45) is -4.50. The molecule has 0 saturated heterocycles. The highest BCUT2D eigenvalue weighted by Gasteiger charge is 2.39. The van der Waals surface area contributed by atoms with Crippen LogP contribution in [0.25, 0.3) is 0 Å². The van der Waals surface area contributed by atoms with Crippen LogP contribution < -0.4 is 0 Å². The number of hydrogen-bond acceptors (Lipinski definition) is 3. The van der Waals surface area contributed by atoms with E-state index in [9.17, 15) is 26.7 Å². The lowest BCUT2D eigenvalue weighted by Crippen LogP contribution is -2.34. The van der Waals surface area contributed by atoms with Gasteiger partial charge in [-0.1, -0.05) is 0 Å². The molecule has 0 atom stereocenters. The normalized spacial score (nSPS) is 12.8.